The summed E-state index contributed by atoms with van der Waals surface area (Å²) < 4.78 is 18.7. The van der Waals surface area contributed by atoms with Crippen LogP contribution in [0.1, 0.15) is 11.4 Å². The molecule has 0 bridgehead atoms. The van der Waals surface area contributed by atoms with Crippen LogP contribution < -0.4 is 4.74 Å². The van der Waals surface area contributed by atoms with E-state index >= 15 is 0 Å². The number of hydrogen-bond acceptors (Lipinski definition) is 4. The normalized spacial score (nSPS) is 9.89. The van der Waals surface area contributed by atoms with Crippen molar-refractivity contribution in [1.29, 1.82) is 5.26 Å². The molecule has 0 spiro atoms. The Bertz CT molecular complexity index is 619. The molecule has 0 N–H and O–H groups in total. The molecule has 4 nitrogen and oxygen atoms in total. The summed E-state index contributed by atoms with van der Waals surface area (Å²) in [5.41, 5.74) is -0.176. The Labute approximate surface area is 108 Å². The summed E-state index contributed by atoms with van der Waals surface area (Å²) in [4.78, 5) is 7.86. The van der Waals surface area contributed by atoms with E-state index in [9.17, 15) is 4.39 Å². The van der Waals surface area contributed by atoms with Gasteiger partial charge in [-0.25, -0.2) is 9.37 Å². The Morgan fingerprint density at radius 3 is 2.83 bits per heavy atom. The third-order valence-electron chi connectivity index (χ3n) is 2.08. The van der Waals surface area contributed by atoms with Gasteiger partial charge in [0.2, 0.25) is 5.88 Å². The molecule has 2 aromatic rings. The van der Waals surface area contributed by atoms with Gasteiger partial charge >= 0.3 is 0 Å². The molecule has 0 aliphatic heterocycles. The average molecular weight is 264 g/mol. The van der Waals surface area contributed by atoms with E-state index < -0.39 is 5.82 Å². The van der Waals surface area contributed by atoms with Gasteiger partial charge in [0.25, 0.3) is 0 Å². The fourth-order valence-electron chi connectivity index (χ4n) is 1.37. The number of ether oxygens (including phenoxy) is 1. The van der Waals surface area contributed by atoms with Crippen molar-refractivity contribution in [3.05, 3.63) is 46.6 Å². The summed E-state index contributed by atoms with van der Waals surface area (Å²) in [6.45, 7) is 1.65. The SMILES string of the molecule is Cc1nc(Cl)cc(Oc2cccc(F)c2C#N)n1. The summed E-state index contributed by atoms with van der Waals surface area (Å²) in [5, 5.41) is 9.07. The van der Waals surface area contributed by atoms with E-state index in [1.54, 1.807) is 13.0 Å². The lowest BCUT2D eigenvalue weighted by molar-refractivity contribution is 0.453. The number of halogens is 2. The molecule has 0 radical (unpaired) electrons. The number of hydrogen-bond donors (Lipinski definition) is 0. The molecule has 2 rings (SSSR count). The molecular weight excluding hydrogens is 257 g/mol. The highest BCUT2D eigenvalue weighted by Crippen LogP contribution is 2.26. The van der Waals surface area contributed by atoms with Crippen molar-refractivity contribution in [2.75, 3.05) is 0 Å². The van der Waals surface area contributed by atoms with Gasteiger partial charge in [-0.2, -0.15) is 10.2 Å². The van der Waals surface area contributed by atoms with Crippen molar-refractivity contribution < 1.29 is 9.13 Å². The molecule has 0 unspecified atom stereocenters. The maximum Gasteiger partial charge on any atom is 0.224 e. The van der Waals surface area contributed by atoms with Crippen LogP contribution in [0.5, 0.6) is 11.6 Å². The van der Waals surface area contributed by atoms with Crippen molar-refractivity contribution in [3.63, 3.8) is 0 Å². The van der Waals surface area contributed by atoms with E-state index in [1.807, 2.05) is 0 Å². The number of nitriles is 1. The highest BCUT2D eigenvalue weighted by molar-refractivity contribution is 6.29. The van der Waals surface area contributed by atoms with Crippen LogP contribution in [0.25, 0.3) is 0 Å². The maximum atomic E-state index is 13.4. The minimum Gasteiger partial charge on any atom is -0.437 e. The summed E-state index contributed by atoms with van der Waals surface area (Å²) >= 11 is 5.75. The summed E-state index contributed by atoms with van der Waals surface area (Å²) in [7, 11) is 0. The second kappa shape index (κ2) is 4.98. The van der Waals surface area contributed by atoms with Gasteiger partial charge in [0, 0.05) is 6.07 Å². The number of benzene rings is 1. The van der Waals surface area contributed by atoms with Gasteiger partial charge in [-0.05, 0) is 19.1 Å². The zero-order valence-electron chi connectivity index (χ0n) is 9.32. The van der Waals surface area contributed by atoms with Crippen LogP contribution in [0.4, 0.5) is 4.39 Å². The van der Waals surface area contributed by atoms with Gasteiger partial charge in [0.05, 0.1) is 0 Å². The third-order valence-corrected chi connectivity index (χ3v) is 2.28. The first kappa shape index (κ1) is 12.3. The molecule has 0 atom stereocenters. The zero-order chi connectivity index (χ0) is 13.1. The number of rotatable bonds is 2. The lowest BCUT2D eigenvalue weighted by Crippen LogP contribution is -1.96. The van der Waals surface area contributed by atoms with Crippen molar-refractivity contribution in [1.82, 2.24) is 9.97 Å². The van der Waals surface area contributed by atoms with Crippen molar-refractivity contribution in [3.8, 4) is 17.7 Å². The van der Waals surface area contributed by atoms with Gasteiger partial charge in [-0.1, -0.05) is 17.7 Å². The first-order valence-corrected chi connectivity index (χ1v) is 5.35. The molecule has 0 aliphatic carbocycles. The number of aryl methyl sites for hydroxylation is 1. The van der Waals surface area contributed by atoms with Crippen LogP contribution in [0.15, 0.2) is 24.3 Å². The molecule has 1 aromatic heterocycles. The van der Waals surface area contributed by atoms with Crippen LogP contribution in [-0.4, -0.2) is 9.97 Å². The van der Waals surface area contributed by atoms with Gasteiger partial charge in [-0.3, -0.25) is 0 Å². The Hall–Kier alpha value is -2.19. The minimum absolute atomic E-state index is 0.0895. The smallest absolute Gasteiger partial charge is 0.224 e. The Morgan fingerprint density at radius 1 is 1.39 bits per heavy atom. The lowest BCUT2D eigenvalue weighted by atomic mass is 10.2. The molecule has 6 heteroatoms. The fraction of sp³-hybridized carbons (Fsp3) is 0.0833. The van der Waals surface area contributed by atoms with Crippen LogP contribution in [0, 0.1) is 24.1 Å². The van der Waals surface area contributed by atoms with Gasteiger partial charge in [0.1, 0.15) is 34.2 Å². The molecule has 0 saturated carbocycles. The molecule has 18 heavy (non-hydrogen) atoms. The minimum atomic E-state index is -0.646. The predicted octanol–water partition coefficient (Wildman–Crippen LogP) is 3.24. The largest absolute Gasteiger partial charge is 0.437 e. The monoisotopic (exact) mass is 263 g/mol. The van der Waals surface area contributed by atoms with Crippen molar-refractivity contribution in [2.45, 2.75) is 6.92 Å². The van der Waals surface area contributed by atoms with E-state index in [0.29, 0.717) is 5.82 Å². The van der Waals surface area contributed by atoms with E-state index in [-0.39, 0.29) is 22.3 Å². The van der Waals surface area contributed by atoms with Crippen molar-refractivity contribution >= 4 is 11.6 Å². The fourth-order valence-corrected chi connectivity index (χ4v) is 1.58. The first-order valence-electron chi connectivity index (χ1n) is 4.98. The molecule has 0 fully saturated rings. The topological polar surface area (TPSA) is 58.8 Å². The highest BCUT2D eigenvalue weighted by Gasteiger charge is 2.11. The Morgan fingerprint density at radius 2 is 2.17 bits per heavy atom. The Balaban J connectivity index is 2.40. The average Bonchev–Trinajstić information content (AvgIpc) is 2.27. The molecule has 0 aliphatic rings. The van der Waals surface area contributed by atoms with E-state index in [0.717, 1.165) is 0 Å². The van der Waals surface area contributed by atoms with Gasteiger partial charge < -0.3 is 4.74 Å². The molecule has 1 aromatic carbocycles. The summed E-state index contributed by atoms with van der Waals surface area (Å²) in [6, 6.07) is 7.24. The van der Waals surface area contributed by atoms with E-state index in [4.69, 9.17) is 21.6 Å². The second-order valence-corrected chi connectivity index (χ2v) is 3.79. The molecular formula is C12H7ClFN3O. The molecule has 1 heterocycles. The highest BCUT2D eigenvalue weighted by atomic mass is 35.5. The predicted molar refractivity (Wildman–Crippen MR) is 63.0 cm³/mol. The van der Waals surface area contributed by atoms with Crippen LogP contribution in [-0.2, 0) is 0 Å². The van der Waals surface area contributed by atoms with Gasteiger partial charge in [-0.15, -0.1) is 0 Å². The first-order chi connectivity index (χ1) is 8.60. The number of aromatic nitrogens is 2. The molecule has 0 saturated heterocycles. The lowest BCUT2D eigenvalue weighted by Gasteiger charge is -2.07. The van der Waals surface area contributed by atoms with Crippen LogP contribution in [0.3, 0.4) is 0 Å². The van der Waals surface area contributed by atoms with E-state index in [1.165, 1.54) is 24.3 Å². The standard InChI is InChI=1S/C12H7ClFN3O/c1-7-16-11(13)5-12(17-7)18-10-4-2-3-9(14)8(10)6-15/h2-5H,1H3. The third kappa shape index (κ3) is 2.55. The summed E-state index contributed by atoms with van der Waals surface area (Å²) in [5.74, 6) is 0.0283. The second-order valence-electron chi connectivity index (χ2n) is 3.40. The Kier molecular flexibility index (Phi) is 3.40. The van der Waals surface area contributed by atoms with Crippen LogP contribution >= 0.6 is 11.6 Å². The molecule has 0 amide bonds. The van der Waals surface area contributed by atoms with Gasteiger partial charge in [0.15, 0.2) is 0 Å². The zero-order valence-corrected chi connectivity index (χ0v) is 10.1. The number of nitrogens with zero attached hydrogens (tertiary/aromatic N) is 3. The van der Waals surface area contributed by atoms with Crippen LogP contribution in [0.2, 0.25) is 5.15 Å². The van der Waals surface area contributed by atoms with E-state index in [2.05, 4.69) is 9.97 Å². The summed E-state index contributed by atoms with van der Waals surface area (Å²) in [6.07, 6.45) is 0. The quantitative estimate of drug-likeness (QED) is 0.781. The maximum absolute atomic E-state index is 13.4. The molecule has 90 valence electrons. The van der Waals surface area contributed by atoms with Crippen molar-refractivity contribution in [2.24, 2.45) is 0 Å².